The SMILES string of the molecule is Cc1nc(Cc2nccc(CNC3CC3)n2)cs1. The fourth-order valence-corrected chi connectivity index (χ4v) is 2.43. The summed E-state index contributed by atoms with van der Waals surface area (Å²) in [6.07, 6.45) is 5.17. The Bertz CT molecular complexity index is 533. The number of rotatable bonds is 5. The van der Waals surface area contributed by atoms with Gasteiger partial charge in [0.1, 0.15) is 5.82 Å². The molecule has 94 valence electrons. The summed E-state index contributed by atoms with van der Waals surface area (Å²) in [4.78, 5) is 13.3. The van der Waals surface area contributed by atoms with Crippen molar-refractivity contribution in [1.29, 1.82) is 0 Å². The molecular weight excluding hydrogens is 244 g/mol. The Hall–Kier alpha value is -1.33. The number of nitrogens with zero attached hydrogens (tertiary/aromatic N) is 3. The van der Waals surface area contributed by atoms with Gasteiger partial charge in [0.25, 0.3) is 0 Å². The maximum atomic E-state index is 4.57. The van der Waals surface area contributed by atoms with E-state index in [1.165, 1.54) is 12.8 Å². The number of hydrogen-bond acceptors (Lipinski definition) is 5. The zero-order valence-corrected chi connectivity index (χ0v) is 11.2. The van der Waals surface area contributed by atoms with Gasteiger partial charge in [-0.05, 0) is 25.8 Å². The second-order valence-electron chi connectivity index (χ2n) is 4.65. The minimum absolute atomic E-state index is 0.713. The van der Waals surface area contributed by atoms with Crippen LogP contribution in [-0.2, 0) is 13.0 Å². The number of hydrogen-bond donors (Lipinski definition) is 1. The third kappa shape index (κ3) is 3.11. The summed E-state index contributed by atoms with van der Waals surface area (Å²) in [5, 5.41) is 6.64. The molecule has 2 aromatic heterocycles. The summed E-state index contributed by atoms with van der Waals surface area (Å²) >= 11 is 1.67. The minimum atomic E-state index is 0.713. The monoisotopic (exact) mass is 260 g/mol. The zero-order valence-electron chi connectivity index (χ0n) is 10.4. The first kappa shape index (κ1) is 11.7. The van der Waals surface area contributed by atoms with E-state index >= 15 is 0 Å². The fraction of sp³-hybridized carbons (Fsp3) is 0.462. The summed E-state index contributed by atoms with van der Waals surface area (Å²) in [6.45, 7) is 2.86. The molecule has 0 saturated heterocycles. The highest BCUT2D eigenvalue weighted by molar-refractivity contribution is 7.09. The van der Waals surface area contributed by atoms with Crippen molar-refractivity contribution >= 4 is 11.3 Å². The third-order valence-electron chi connectivity index (χ3n) is 2.92. The van der Waals surface area contributed by atoms with Crippen LogP contribution in [0.2, 0.25) is 0 Å². The molecule has 1 aliphatic carbocycles. The first-order valence-electron chi connectivity index (χ1n) is 6.25. The molecule has 1 N–H and O–H groups in total. The molecule has 0 aromatic carbocycles. The van der Waals surface area contributed by atoms with Gasteiger partial charge in [0, 0.05) is 24.2 Å². The molecule has 4 nitrogen and oxygen atoms in total. The maximum absolute atomic E-state index is 4.57. The highest BCUT2D eigenvalue weighted by Crippen LogP contribution is 2.19. The Morgan fingerprint density at radius 3 is 2.94 bits per heavy atom. The minimum Gasteiger partial charge on any atom is -0.308 e. The van der Waals surface area contributed by atoms with Gasteiger partial charge in [0.05, 0.1) is 22.8 Å². The lowest BCUT2D eigenvalue weighted by Gasteiger charge is -2.03. The lowest BCUT2D eigenvalue weighted by molar-refractivity contribution is 0.668. The van der Waals surface area contributed by atoms with Crippen LogP contribution in [-0.4, -0.2) is 21.0 Å². The van der Waals surface area contributed by atoms with E-state index in [9.17, 15) is 0 Å². The molecular formula is C13H16N4S. The lowest BCUT2D eigenvalue weighted by Crippen LogP contribution is -2.16. The molecule has 0 atom stereocenters. The van der Waals surface area contributed by atoms with E-state index < -0.39 is 0 Å². The third-order valence-corrected chi connectivity index (χ3v) is 3.74. The van der Waals surface area contributed by atoms with E-state index in [0.29, 0.717) is 6.04 Å². The molecule has 0 amide bonds. The zero-order chi connectivity index (χ0) is 12.4. The van der Waals surface area contributed by atoms with Gasteiger partial charge in [-0.2, -0.15) is 0 Å². The molecule has 0 radical (unpaired) electrons. The number of nitrogens with one attached hydrogen (secondary N) is 1. The Balaban J connectivity index is 1.65. The van der Waals surface area contributed by atoms with Gasteiger partial charge >= 0.3 is 0 Å². The second kappa shape index (κ2) is 5.12. The standard InChI is InChI=1S/C13H16N4S/c1-9-16-12(8-18-9)6-13-14-5-4-11(17-13)7-15-10-2-3-10/h4-5,8,10,15H,2-3,6-7H2,1H3. The summed E-state index contributed by atoms with van der Waals surface area (Å²) in [5.74, 6) is 0.857. The molecule has 2 heterocycles. The molecule has 1 aliphatic rings. The average molecular weight is 260 g/mol. The molecule has 0 bridgehead atoms. The molecule has 3 rings (SSSR count). The molecule has 0 aliphatic heterocycles. The van der Waals surface area contributed by atoms with Crippen LogP contribution in [0.3, 0.4) is 0 Å². The summed E-state index contributed by atoms with van der Waals surface area (Å²) < 4.78 is 0. The molecule has 0 spiro atoms. The molecule has 0 unspecified atom stereocenters. The van der Waals surface area contributed by atoms with Crippen molar-refractivity contribution in [2.24, 2.45) is 0 Å². The molecule has 18 heavy (non-hydrogen) atoms. The van der Waals surface area contributed by atoms with Crippen molar-refractivity contribution in [3.8, 4) is 0 Å². The van der Waals surface area contributed by atoms with Crippen LogP contribution in [0.1, 0.15) is 35.1 Å². The van der Waals surface area contributed by atoms with Gasteiger partial charge in [-0.3, -0.25) is 0 Å². The highest BCUT2D eigenvalue weighted by atomic mass is 32.1. The van der Waals surface area contributed by atoms with Crippen LogP contribution in [0.5, 0.6) is 0 Å². The summed E-state index contributed by atoms with van der Waals surface area (Å²) in [6, 6.07) is 2.69. The largest absolute Gasteiger partial charge is 0.308 e. The highest BCUT2D eigenvalue weighted by Gasteiger charge is 2.20. The summed E-state index contributed by atoms with van der Waals surface area (Å²) in [7, 11) is 0. The van der Waals surface area contributed by atoms with Gasteiger partial charge in [0.2, 0.25) is 0 Å². The first-order chi connectivity index (χ1) is 8.79. The topological polar surface area (TPSA) is 50.7 Å². The second-order valence-corrected chi connectivity index (χ2v) is 5.72. The average Bonchev–Trinajstić information content (AvgIpc) is 3.11. The Kier molecular flexibility index (Phi) is 3.34. The number of aromatic nitrogens is 3. The van der Waals surface area contributed by atoms with Crippen LogP contribution >= 0.6 is 11.3 Å². The number of thiazole rings is 1. The van der Waals surface area contributed by atoms with Crippen LogP contribution in [0.4, 0.5) is 0 Å². The van der Waals surface area contributed by atoms with Crippen LogP contribution in [0.25, 0.3) is 0 Å². The van der Waals surface area contributed by atoms with Crippen LogP contribution in [0.15, 0.2) is 17.6 Å². The summed E-state index contributed by atoms with van der Waals surface area (Å²) in [5.41, 5.74) is 2.13. The molecule has 5 heteroatoms. The Morgan fingerprint density at radius 2 is 2.22 bits per heavy atom. The Morgan fingerprint density at radius 1 is 1.33 bits per heavy atom. The van der Waals surface area contributed by atoms with Gasteiger partial charge in [-0.15, -0.1) is 11.3 Å². The van der Waals surface area contributed by atoms with E-state index in [1.54, 1.807) is 11.3 Å². The van der Waals surface area contributed by atoms with Crippen LogP contribution < -0.4 is 5.32 Å². The molecule has 1 saturated carbocycles. The lowest BCUT2D eigenvalue weighted by atomic mass is 10.3. The van der Waals surface area contributed by atoms with E-state index in [4.69, 9.17) is 0 Å². The Labute approximate surface area is 111 Å². The van der Waals surface area contributed by atoms with Crippen molar-refractivity contribution < 1.29 is 0 Å². The predicted octanol–water partition coefficient (Wildman–Crippen LogP) is 2.08. The molecule has 2 aromatic rings. The van der Waals surface area contributed by atoms with E-state index in [1.807, 2.05) is 19.2 Å². The molecule has 1 fully saturated rings. The predicted molar refractivity (Wildman–Crippen MR) is 71.6 cm³/mol. The van der Waals surface area contributed by atoms with E-state index in [-0.39, 0.29) is 0 Å². The van der Waals surface area contributed by atoms with Gasteiger partial charge in [0.15, 0.2) is 0 Å². The normalized spacial score (nSPS) is 14.9. The van der Waals surface area contributed by atoms with E-state index in [0.717, 1.165) is 35.2 Å². The van der Waals surface area contributed by atoms with Gasteiger partial charge in [-0.1, -0.05) is 0 Å². The quantitative estimate of drug-likeness (QED) is 0.894. The van der Waals surface area contributed by atoms with E-state index in [2.05, 4.69) is 25.6 Å². The van der Waals surface area contributed by atoms with Crippen molar-refractivity contribution in [2.45, 2.75) is 38.8 Å². The van der Waals surface area contributed by atoms with Crippen molar-refractivity contribution in [3.63, 3.8) is 0 Å². The van der Waals surface area contributed by atoms with Crippen LogP contribution in [0, 0.1) is 6.92 Å². The first-order valence-corrected chi connectivity index (χ1v) is 7.13. The number of aryl methyl sites for hydroxylation is 1. The smallest absolute Gasteiger partial charge is 0.134 e. The van der Waals surface area contributed by atoms with Gasteiger partial charge in [-0.25, -0.2) is 15.0 Å². The van der Waals surface area contributed by atoms with Crippen molar-refractivity contribution in [3.05, 3.63) is 39.9 Å². The van der Waals surface area contributed by atoms with Crippen molar-refractivity contribution in [2.75, 3.05) is 0 Å². The van der Waals surface area contributed by atoms with Crippen molar-refractivity contribution in [1.82, 2.24) is 20.3 Å². The fourth-order valence-electron chi connectivity index (χ4n) is 1.81. The van der Waals surface area contributed by atoms with Gasteiger partial charge < -0.3 is 5.32 Å². The maximum Gasteiger partial charge on any atom is 0.134 e.